The van der Waals surface area contributed by atoms with Gasteiger partial charge in [0.15, 0.2) is 5.78 Å². The lowest BCUT2D eigenvalue weighted by Gasteiger charge is -2.08. The lowest BCUT2D eigenvalue weighted by Crippen LogP contribution is -2.04. The van der Waals surface area contributed by atoms with Gasteiger partial charge in [0.2, 0.25) is 0 Å². The summed E-state index contributed by atoms with van der Waals surface area (Å²) in [5, 5.41) is 1.09. The monoisotopic (exact) mass is 333 g/mol. The van der Waals surface area contributed by atoms with Crippen LogP contribution in [0.5, 0.6) is 0 Å². The number of nitrogen functional groups attached to an aromatic ring is 1. The Kier molecular flexibility index (Phi) is 4.26. The van der Waals surface area contributed by atoms with Gasteiger partial charge in [0.05, 0.1) is 15.6 Å². The molecule has 19 heavy (non-hydrogen) atoms. The highest BCUT2D eigenvalue weighted by Gasteiger charge is 2.18. The van der Waals surface area contributed by atoms with Gasteiger partial charge >= 0.3 is 0 Å². The van der Waals surface area contributed by atoms with Crippen LogP contribution in [0.15, 0.2) is 30.3 Å². The van der Waals surface area contributed by atoms with Gasteiger partial charge in [-0.3, -0.25) is 4.79 Å². The highest BCUT2D eigenvalue weighted by atomic mass is 35.5. The minimum absolute atomic E-state index is 0.175. The van der Waals surface area contributed by atoms with E-state index in [4.69, 9.17) is 52.1 Å². The summed E-state index contributed by atoms with van der Waals surface area (Å²) >= 11 is 23.7. The minimum Gasteiger partial charge on any atom is -0.399 e. The van der Waals surface area contributed by atoms with Gasteiger partial charge in [-0.2, -0.15) is 0 Å². The van der Waals surface area contributed by atoms with Crippen molar-refractivity contribution in [3.05, 3.63) is 61.5 Å². The number of halogens is 4. The fourth-order valence-electron chi connectivity index (χ4n) is 1.65. The number of ketones is 1. The van der Waals surface area contributed by atoms with Gasteiger partial charge in [-0.1, -0.05) is 46.4 Å². The molecule has 2 N–H and O–H groups in total. The second kappa shape index (κ2) is 5.59. The van der Waals surface area contributed by atoms with Gasteiger partial charge in [0, 0.05) is 21.3 Å². The number of anilines is 1. The third-order valence-electron chi connectivity index (χ3n) is 2.42. The molecule has 0 unspecified atom stereocenters. The SMILES string of the molecule is Nc1cc(Cl)cc(C(=O)c2c(Cl)cc(Cl)cc2Cl)c1. The van der Waals surface area contributed by atoms with Crippen LogP contribution in [0.1, 0.15) is 15.9 Å². The average Bonchev–Trinajstić information content (AvgIpc) is 2.25. The van der Waals surface area contributed by atoms with E-state index in [2.05, 4.69) is 0 Å². The Bertz CT molecular complexity index is 626. The van der Waals surface area contributed by atoms with Crippen LogP contribution in [-0.2, 0) is 0 Å². The summed E-state index contributed by atoms with van der Waals surface area (Å²) in [5.74, 6) is -0.360. The number of benzene rings is 2. The van der Waals surface area contributed by atoms with E-state index < -0.39 is 0 Å². The standard InChI is InChI=1S/C13H7Cl4NO/c14-7-1-6(2-9(18)3-7)13(19)12-10(16)4-8(15)5-11(12)17/h1-5H,18H2. The predicted octanol–water partition coefficient (Wildman–Crippen LogP) is 5.11. The average molecular weight is 335 g/mol. The third kappa shape index (κ3) is 3.15. The second-order valence-electron chi connectivity index (χ2n) is 3.85. The van der Waals surface area contributed by atoms with Crippen molar-refractivity contribution in [1.29, 1.82) is 0 Å². The van der Waals surface area contributed by atoms with E-state index in [9.17, 15) is 4.79 Å². The van der Waals surface area contributed by atoms with Gasteiger partial charge in [-0.05, 0) is 30.3 Å². The van der Waals surface area contributed by atoms with Crippen LogP contribution in [-0.4, -0.2) is 5.78 Å². The lowest BCUT2D eigenvalue weighted by molar-refractivity contribution is 0.103. The fraction of sp³-hybridized carbons (Fsp3) is 0. The van der Waals surface area contributed by atoms with Crippen molar-refractivity contribution in [3.8, 4) is 0 Å². The molecule has 0 bridgehead atoms. The van der Waals surface area contributed by atoms with E-state index in [1.807, 2.05) is 0 Å². The number of rotatable bonds is 2. The van der Waals surface area contributed by atoms with Gasteiger partial charge in [0.1, 0.15) is 0 Å². The van der Waals surface area contributed by atoms with E-state index in [-0.39, 0.29) is 21.4 Å². The summed E-state index contributed by atoms with van der Waals surface area (Å²) in [5.41, 5.74) is 6.53. The maximum atomic E-state index is 12.4. The molecule has 2 nitrogen and oxygen atoms in total. The van der Waals surface area contributed by atoms with Crippen LogP contribution in [0.4, 0.5) is 5.69 Å². The molecule has 0 radical (unpaired) electrons. The largest absolute Gasteiger partial charge is 0.399 e. The van der Waals surface area contributed by atoms with Crippen LogP contribution in [0.2, 0.25) is 20.1 Å². The molecule has 0 atom stereocenters. The summed E-state index contributed by atoms with van der Waals surface area (Å²) in [7, 11) is 0. The highest BCUT2D eigenvalue weighted by Crippen LogP contribution is 2.31. The molecule has 0 amide bonds. The van der Waals surface area contributed by atoms with E-state index in [1.54, 1.807) is 6.07 Å². The Morgan fingerprint density at radius 1 is 0.842 bits per heavy atom. The minimum atomic E-state index is -0.360. The van der Waals surface area contributed by atoms with Crippen LogP contribution >= 0.6 is 46.4 Å². The number of nitrogens with two attached hydrogens (primary N) is 1. The van der Waals surface area contributed by atoms with Crippen molar-refractivity contribution >= 4 is 57.9 Å². The maximum Gasteiger partial charge on any atom is 0.196 e. The Labute approximate surface area is 130 Å². The molecule has 98 valence electrons. The number of carbonyl (C=O) groups excluding carboxylic acids is 1. The second-order valence-corrected chi connectivity index (χ2v) is 5.53. The number of hydrogen-bond donors (Lipinski definition) is 1. The zero-order valence-electron chi connectivity index (χ0n) is 9.38. The van der Waals surface area contributed by atoms with Crippen LogP contribution in [0.25, 0.3) is 0 Å². The molecule has 0 saturated heterocycles. The molecule has 0 spiro atoms. The summed E-state index contributed by atoms with van der Waals surface area (Å²) < 4.78 is 0. The van der Waals surface area contributed by atoms with Crippen LogP contribution < -0.4 is 5.73 Å². The lowest BCUT2D eigenvalue weighted by atomic mass is 10.0. The fourth-order valence-corrected chi connectivity index (χ4v) is 2.88. The van der Waals surface area contributed by atoms with E-state index in [1.165, 1.54) is 24.3 Å². The first-order chi connectivity index (χ1) is 8.88. The molecule has 2 rings (SSSR count). The first-order valence-electron chi connectivity index (χ1n) is 5.14. The van der Waals surface area contributed by atoms with Gasteiger partial charge in [-0.15, -0.1) is 0 Å². The Morgan fingerprint density at radius 2 is 1.37 bits per heavy atom. The predicted molar refractivity (Wildman–Crippen MR) is 80.8 cm³/mol. The van der Waals surface area contributed by atoms with Gasteiger partial charge in [-0.25, -0.2) is 0 Å². The zero-order valence-corrected chi connectivity index (χ0v) is 12.4. The molecular weight excluding hydrogens is 328 g/mol. The molecule has 0 heterocycles. The highest BCUT2D eigenvalue weighted by molar-refractivity contribution is 6.43. The van der Waals surface area contributed by atoms with E-state index in [0.717, 1.165) is 0 Å². The van der Waals surface area contributed by atoms with E-state index >= 15 is 0 Å². The molecular formula is C13H7Cl4NO. The smallest absolute Gasteiger partial charge is 0.196 e. The summed E-state index contributed by atoms with van der Waals surface area (Å²) in [6.07, 6.45) is 0. The molecule has 0 aliphatic rings. The van der Waals surface area contributed by atoms with Crippen LogP contribution in [0.3, 0.4) is 0 Å². The topological polar surface area (TPSA) is 43.1 Å². The molecule has 0 aliphatic carbocycles. The van der Waals surface area contributed by atoms with Crippen molar-refractivity contribution < 1.29 is 4.79 Å². The Morgan fingerprint density at radius 3 is 1.89 bits per heavy atom. The molecule has 0 aromatic heterocycles. The normalized spacial score (nSPS) is 10.5. The summed E-state index contributed by atoms with van der Waals surface area (Å²) in [6.45, 7) is 0. The van der Waals surface area contributed by atoms with Crippen molar-refractivity contribution in [2.75, 3.05) is 5.73 Å². The molecule has 0 fully saturated rings. The summed E-state index contributed by atoms with van der Waals surface area (Å²) in [6, 6.07) is 7.46. The number of carbonyl (C=O) groups is 1. The zero-order chi connectivity index (χ0) is 14.2. The quantitative estimate of drug-likeness (QED) is 0.612. The van der Waals surface area contributed by atoms with Crippen molar-refractivity contribution in [3.63, 3.8) is 0 Å². The molecule has 2 aromatic rings. The van der Waals surface area contributed by atoms with E-state index in [0.29, 0.717) is 21.3 Å². The Hall–Kier alpha value is -0.930. The number of hydrogen-bond acceptors (Lipinski definition) is 2. The van der Waals surface area contributed by atoms with Crippen LogP contribution in [0, 0.1) is 0 Å². The molecule has 6 heteroatoms. The van der Waals surface area contributed by atoms with Crippen molar-refractivity contribution in [2.24, 2.45) is 0 Å². The molecule has 0 aliphatic heterocycles. The van der Waals surface area contributed by atoms with Crippen molar-refractivity contribution in [2.45, 2.75) is 0 Å². The summed E-state index contributed by atoms with van der Waals surface area (Å²) in [4.78, 5) is 12.4. The van der Waals surface area contributed by atoms with Gasteiger partial charge < -0.3 is 5.73 Å². The molecule has 0 saturated carbocycles. The van der Waals surface area contributed by atoms with Crippen molar-refractivity contribution in [1.82, 2.24) is 0 Å². The first-order valence-corrected chi connectivity index (χ1v) is 6.65. The first kappa shape index (κ1) is 14.5. The third-order valence-corrected chi connectivity index (χ3v) is 3.45. The van der Waals surface area contributed by atoms with Gasteiger partial charge in [0.25, 0.3) is 0 Å². The Balaban J connectivity index is 2.56. The maximum absolute atomic E-state index is 12.4. The molecule has 2 aromatic carbocycles.